The minimum Gasteiger partial charge on any atom is -0.394 e. The van der Waals surface area contributed by atoms with E-state index in [0.717, 1.165) is 10.0 Å². The lowest BCUT2D eigenvalue weighted by Crippen LogP contribution is -2.35. The van der Waals surface area contributed by atoms with Crippen molar-refractivity contribution in [3.63, 3.8) is 0 Å². The van der Waals surface area contributed by atoms with Gasteiger partial charge in [-0.3, -0.25) is 0 Å². The van der Waals surface area contributed by atoms with Crippen LogP contribution in [-0.4, -0.2) is 30.9 Å². The molecule has 1 aliphatic rings. The summed E-state index contributed by atoms with van der Waals surface area (Å²) >= 11 is 3.35. The average molecular weight is 382 g/mol. The van der Waals surface area contributed by atoms with Gasteiger partial charge in [0, 0.05) is 10.4 Å². The fourth-order valence-corrected chi connectivity index (χ4v) is 5.57. The van der Waals surface area contributed by atoms with Crippen LogP contribution in [0.15, 0.2) is 64.0 Å². The third-order valence-corrected chi connectivity index (χ3v) is 7.05. The van der Waals surface area contributed by atoms with Crippen LogP contribution in [0.3, 0.4) is 0 Å². The smallest absolute Gasteiger partial charge is 0.183 e. The molecule has 4 nitrogen and oxygen atoms in total. The van der Waals surface area contributed by atoms with E-state index in [1.54, 1.807) is 30.3 Å². The van der Waals surface area contributed by atoms with E-state index in [9.17, 15) is 13.5 Å². The Hall–Kier alpha value is -1.21. The molecule has 0 unspecified atom stereocenters. The summed E-state index contributed by atoms with van der Waals surface area (Å²) in [6.07, 6.45) is 0. The van der Waals surface area contributed by atoms with E-state index in [1.807, 2.05) is 24.3 Å². The normalized spacial score (nSPS) is 27.6. The Morgan fingerprint density at radius 3 is 2.23 bits per heavy atom. The molecule has 0 spiro atoms. The molecule has 0 aliphatic heterocycles. The Morgan fingerprint density at radius 1 is 1.09 bits per heavy atom. The van der Waals surface area contributed by atoms with Gasteiger partial charge in [-0.2, -0.15) is 0 Å². The maximum atomic E-state index is 12.8. The second-order valence-electron chi connectivity index (χ2n) is 5.58. The predicted octanol–water partition coefficient (Wildman–Crippen LogP) is 2.08. The first-order valence-electron chi connectivity index (χ1n) is 6.85. The van der Waals surface area contributed by atoms with Crippen molar-refractivity contribution < 1.29 is 13.5 Å². The molecule has 1 aliphatic carbocycles. The van der Waals surface area contributed by atoms with E-state index in [4.69, 9.17) is 5.73 Å². The summed E-state index contributed by atoms with van der Waals surface area (Å²) in [6.45, 7) is -0.371. The highest BCUT2D eigenvalue weighted by Crippen LogP contribution is 2.55. The predicted molar refractivity (Wildman–Crippen MR) is 88.3 cm³/mol. The Morgan fingerprint density at radius 2 is 1.68 bits per heavy atom. The van der Waals surface area contributed by atoms with Gasteiger partial charge in [-0.25, -0.2) is 8.42 Å². The first kappa shape index (κ1) is 15.7. The molecule has 0 heterocycles. The van der Waals surface area contributed by atoms with Crippen LogP contribution in [0.4, 0.5) is 0 Å². The SMILES string of the molecule is N[C@@]1(CO)[C@H](S(=O)(=O)c2ccccc2)[C@@H]1c1ccc(Br)cc1. The molecule has 0 bridgehead atoms. The van der Waals surface area contributed by atoms with Crippen LogP contribution in [0.1, 0.15) is 11.5 Å². The van der Waals surface area contributed by atoms with Gasteiger partial charge < -0.3 is 10.8 Å². The number of nitrogens with two attached hydrogens (primary N) is 1. The Kier molecular flexibility index (Phi) is 3.89. The van der Waals surface area contributed by atoms with E-state index < -0.39 is 26.5 Å². The van der Waals surface area contributed by atoms with Crippen molar-refractivity contribution in [3.05, 3.63) is 64.6 Å². The van der Waals surface area contributed by atoms with Gasteiger partial charge in [0.2, 0.25) is 0 Å². The van der Waals surface area contributed by atoms with Crippen LogP contribution in [0.2, 0.25) is 0 Å². The standard InChI is InChI=1S/C16H16BrNO3S/c17-12-8-6-11(7-9-12)14-15(16(14,18)10-19)22(20,21)13-4-2-1-3-5-13/h1-9,14-15,19H,10,18H2/t14-,15+,16+/m0/s1. The third-order valence-electron chi connectivity index (χ3n) is 4.21. The van der Waals surface area contributed by atoms with Gasteiger partial charge in [-0.15, -0.1) is 0 Å². The lowest BCUT2D eigenvalue weighted by molar-refractivity contribution is 0.253. The number of sulfone groups is 1. The minimum atomic E-state index is -3.59. The Bertz CT molecular complexity index is 777. The van der Waals surface area contributed by atoms with Crippen LogP contribution < -0.4 is 5.73 Å². The average Bonchev–Trinajstić information content (AvgIpc) is 3.17. The number of halogens is 1. The molecule has 3 N–H and O–H groups in total. The lowest BCUT2D eigenvalue weighted by atomic mass is 10.1. The van der Waals surface area contributed by atoms with Gasteiger partial charge in [-0.1, -0.05) is 46.3 Å². The van der Waals surface area contributed by atoms with Gasteiger partial charge in [-0.05, 0) is 29.8 Å². The number of rotatable bonds is 4. The molecule has 3 atom stereocenters. The molecule has 0 radical (unpaired) electrons. The highest BCUT2D eigenvalue weighted by Gasteiger charge is 2.68. The quantitative estimate of drug-likeness (QED) is 0.849. The Labute approximate surface area is 138 Å². The van der Waals surface area contributed by atoms with Crippen molar-refractivity contribution >= 4 is 25.8 Å². The molecule has 0 aromatic heterocycles. The summed E-state index contributed by atoms with van der Waals surface area (Å²) in [5.74, 6) is -0.407. The zero-order valence-electron chi connectivity index (χ0n) is 11.7. The molecule has 3 rings (SSSR count). The maximum Gasteiger partial charge on any atom is 0.183 e. The second-order valence-corrected chi connectivity index (χ2v) is 8.56. The number of aliphatic hydroxyl groups is 1. The van der Waals surface area contributed by atoms with Gasteiger partial charge in [0.05, 0.1) is 22.3 Å². The van der Waals surface area contributed by atoms with Gasteiger partial charge in [0.15, 0.2) is 9.84 Å². The molecule has 0 saturated heterocycles. The van der Waals surface area contributed by atoms with E-state index in [2.05, 4.69) is 15.9 Å². The van der Waals surface area contributed by atoms with Crippen molar-refractivity contribution in [2.75, 3.05) is 6.61 Å². The molecule has 1 fully saturated rings. The molecule has 2 aromatic carbocycles. The first-order chi connectivity index (χ1) is 10.4. The van der Waals surface area contributed by atoms with Crippen LogP contribution in [0, 0.1) is 0 Å². The molecule has 116 valence electrons. The molecular formula is C16H16BrNO3S. The number of hydrogen-bond acceptors (Lipinski definition) is 4. The molecule has 2 aromatic rings. The van der Waals surface area contributed by atoms with Gasteiger partial charge in [0.25, 0.3) is 0 Å². The number of benzene rings is 2. The topological polar surface area (TPSA) is 80.4 Å². The van der Waals surface area contributed by atoms with E-state index >= 15 is 0 Å². The van der Waals surface area contributed by atoms with Gasteiger partial charge in [0.1, 0.15) is 0 Å². The monoisotopic (exact) mass is 381 g/mol. The molecule has 0 amide bonds. The first-order valence-corrected chi connectivity index (χ1v) is 9.19. The van der Waals surface area contributed by atoms with Crippen molar-refractivity contribution in [1.29, 1.82) is 0 Å². The fourth-order valence-electron chi connectivity index (χ4n) is 2.99. The van der Waals surface area contributed by atoms with Crippen molar-refractivity contribution in [3.8, 4) is 0 Å². The van der Waals surface area contributed by atoms with Crippen LogP contribution in [0.5, 0.6) is 0 Å². The summed E-state index contributed by atoms with van der Waals surface area (Å²) in [4.78, 5) is 0.239. The van der Waals surface area contributed by atoms with Crippen LogP contribution in [-0.2, 0) is 9.84 Å². The van der Waals surface area contributed by atoms with E-state index in [0.29, 0.717) is 0 Å². The zero-order chi connectivity index (χ0) is 16.0. The number of hydrogen-bond donors (Lipinski definition) is 2. The van der Waals surface area contributed by atoms with Crippen LogP contribution in [0.25, 0.3) is 0 Å². The molecule has 1 saturated carbocycles. The largest absolute Gasteiger partial charge is 0.394 e. The van der Waals surface area contributed by atoms with Crippen molar-refractivity contribution in [1.82, 2.24) is 0 Å². The summed E-state index contributed by atoms with van der Waals surface area (Å²) in [6, 6.07) is 15.6. The minimum absolute atomic E-state index is 0.239. The maximum absolute atomic E-state index is 12.8. The summed E-state index contributed by atoms with van der Waals surface area (Å²) in [5.41, 5.74) is 5.87. The highest BCUT2D eigenvalue weighted by atomic mass is 79.9. The molecule has 22 heavy (non-hydrogen) atoms. The zero-order valence-corrected chi connectivity index (χ0v) is 14.1. The van der Waals surface area contributed by atoms with Gasteiger partial charge >= 0.3 is 0 Å². The summed E-state index contributed by atoms with van der Waals surface area (Å²) in [5, 5.41) is 8.82. The van der Waals surface area contributed by atoms with Crippen molar-refractivity contribution in [2.24, 2.45) is 5.73 Å². The highest BCUT2D eigenvalue weighted by molar-refractivity contribution is 9.10. The fraction of sp³-hybridized carbons (Fsp3) is 0.250. The summed E-state index contributed by atoms with van der Waals surface area (Å²) < 4.78 is 26.5. The Balaban J connectivity index is 2.02. The van der Waals surface area contributed by atoms with E-state index in [1.165, 1.54) is 0 Å². The lowest BCUT2D eigenvalue weighted by Gasteiger charge is -2.08. The second kappa shape index (κ2) is 5.45. The van der Waals surface area contributed by atoms with Crippen LogP contribution >= 0.6 is 15.9 Å². The van der Waals surface area contributed by atoms with Crippen molar-refractivity contribution in [2.45, 2.75) is 21.6 Å². The third kappa shape index (κ3) is 2.40. The van der Waals surface area contributed by atoms with E-state index in [-0.39, 0.29) is 11.5 Å². The molecular weight excluding hydrogens is 366 g/mol. The summed E-state index contributed by atoms with van der Waals surface area (Å²) in [7, 11) is -3.59. The number of aliphatic hydroxyl groups excluding tert-OH is 1. The molecule has 6 heteroatoms.